The predicted octanol–water partition coefficient (Wildman–Crippen LogP) is 1.80. The quantitative estimate of drug-likeness (QED) is 0.559. The highest BCUT2D eigenvalue weighted by Gasteiger charge is 2.14. The third-order valence-corrected chi connectivity index (χ3v) is 3.78. The van der Waals surface area contributed by atoms with Crippen molar-refractivity contribution in [2.75, 3.05) is 25.5 Å². The summed E-state index contributed by atoms with van der Waals surface area (Å²) < 4.78 is 12.8. The van der Waals surface area contributed by atoms with E-state index in [2.05, 4.69) is 15.5 Å². The second kappa shape index (κ2) is 8.60. The first-order valence-corrected chi connectivity index (χ1v) is 8.13. The summed E-state index contributed by atoms with van der Waals surface area (Å²) in [5.41, 5.74) is 0. The number of nitrogens with one attached hydrogen (secondary N) is 1. The summed E-state index contributed by atoms with van der Waals surface area (Å²) in [6.45, 7) is 5.95. The van der Waals surface area contributed by atoms with E-state index in [9.17, 15) is 4.79 Å². The lowest BCUT2D eigenvalue weighted by molar-refractivity contribution is -0.119. The van der Waals surface area contributed by atoms with Crippen LogP contribution in [0.2, 0.25) is 0 Å². The van der Waals surface area contributed by atoms with Gasteiger partial charge >= 0.3 is 0 Å². The first-order chi connectivity index (χ1) is 10.7. The highest BCUT2D eigenvalue weighted by molar-refractivity contribution is 7.99. The second-order valence-electron chi connectivity index (χ2n) is 4.47. The molecule has 2 aromatic rings. The van der Waals surface area contributed by atoms with E-state index in [0.717, 1.165) is 23.3 Å². The zero-order valence-electron chi connectivity index (χ0n) is 12.7. The Balaban J connectivity index is 1.77. The molecule has 0 radical (unpaired) electrons. The molecule has 0 saturated heterocycles. The second-order valence-corrected chi connectivity index (χ2v) is 5.53. The van der Waals surface area contributed by atoms with Gasteiger partial charge < -0.3 is 14.5 Å². The Bertz CT molecular complexity index is 583. The molecular formula is C14H20N4O3S. The van der Waals surface area contributed by atoms with Gasteiger partial charge in [0.25, 0.3) is 0 Å². The molecule has 2 heterocycles. The largest absolute Gasteiger partial charge is 0.461 e. The van der Waals surface area contributed by atoms with Gasteiger partial charge in [-0.2, -0.15) is 0 Å². The van der Waals surface area contributed by atoms with Gasteiger partial charge in [0.2, 0.25) is 5.91 Å². The van der Waals surface area contributed by atoms with Crippen LogP contribution in [0.3, 0.4) is 0 Å². The monoisotopic (exact) mass is 324 g/mol. The fraction of sp³-hybridized carbons (Fsp3) is 0.500. The molecular weight excluding hydrogens is 304 g/mol. The fourth-order valence-electron chi connectivity index (χ4n) is 1.86. The van der Waals surface area contributed by atoms with Crippen molar-refractivity contribution in [1.82, 2.24) is 20.1 Å². The Morgan fingerprint density at radius 2 is 2.32 bits per heavy atom. The molecule has 8 heteroatoms. The lowest BCUT2D eigenvalue weighted by Crippen LogP contribution is -2.24. The minimum atomic E-state index is -0.0421. The molecule has 0 aliphatic rings. The molecule has 2 aromatic heterocycles. The minimum Gasteiger partial charge on any atom is -0.461 e. The first-order valence-electron chi connectivity index (χ1n) is 7.14. The highest BCUT2D eigenvalue weighted by atomic mass is 32.2. The SMILES string of the molecule is CCn1c(SCCOCCNC(C)=O)nnc1-c1ccco1. The molecule has 22 heavy (non-hydrogen) atoms. The summed E-state index contributed by atoms with van der Waals surface area (Å²) in [7, 11) is 0. The van der Waals surface area contributed by atoms with E-state index in [-0.39, 0.29) is 5.91 Å². The number of carbonyl (C=O) groups is 1. The minimum absolute atomic E-state index is 0.0421. The Labute approximate surface area is 133 Å². The molecule has 7 nitrogen and oxygen atoms in total. The van der Waals surface area contributed by atoms with Crippen molar-refractivity contribution in [3.63, 3.8) is 0 Å². The Hall–Kier alpha value is -1.80. The number of carbonyl (C=O) groups excluding carboxylic acids is 1. The van der Waals surface area contributed by atoms with Gasteiger partial charge in [0, 0.05) is 25.8 Å². The number of ether oxygens (including phenoxy) is 1. The van der Waals surface area contributed by atoms with Crippen LogP contribution < -0.4 is 5.32 Å². The van der Waals surface area contributed by atoms with E-state index >= 15 is 0 Å². The average molecular weight is 324 g/mol. The zero-order valence-corrected chi connectivity index (χ0v) is 13.6. The molecule has 0 fully saturated rings. The summed E-state index contributed by atoms with van der Waals surface area (Å²) >= 11 is 1.59. The fourth-order valence-corrected chi connectivity index (χ4v) is 2.72. The average Bonchev–Trinajstić information content (AvgIpc) is 3.14. The summed E-state index contributed by atoms with van der Waals surface area (Å²) in [4.78, 5) is 10.7. The van der Waals surface area contributed by atoms with E-state index in [1.807, 2.05) is 23.6 Å². The number of hydrogen-bond acceptors (Lipinski definition) is 6. The number of rotatable bonds is 9. The van der Waals surface area contributed by atoms with Crippen LogP contribution in [-0.4, -0.2) is 46.2 Å². The molecule has 1 N–H and O–H groups in total. The van der Waals surface area contributed by atoms with Gasteiger partial charge in [-0.05, 0) is 19.1 Å². The lowest BCUT2D eigenvalue weighted by Gasteiger charge is -2.06. The van der Waals surface area contributed by atoms with E-state index in [1.54, 1.807) is 18.0 Å². The molecule has 0 unspecified atom stereocenters. The van der Waals surface area contributed by atoms with Gasteiger partial charge in [0.15, 0.2) is 16.7 Å². The Morgan fingerprint density at radius 1 is 1.45 bits per heavy atom. The summed E-state index contributed by atoms with van der Waals surface area (Å²) in [6.07, 6.45) is 1.62. The van der Waals surface area contributed by atoms with Crippen LogP contribution in [0.15, 0.2) is 28.0 Å². The van der Waals surface area contributed by atoms with Crippen LogP contribution in [0.1, 0.15) is 13.8 Å². The van der Waals surface area contributed by atoms with Crippen molar-refractivity contribution in [2.45, 2.75) is 25.5 Å². The van der Waals surface area contributed by atoms with Gasteiger partial charge in [-0.3, -0.25) is 9.36 Å². The maximum atomic E-state index is 10.7. The van der Waals surface area contributed by atoms with Crippen LogP contribution >= 0.6 is 11.8 Å². The van der Waals surface area contributed by atoms with Crippen LogP contribution in [0.5, 0.6) is 0 Å². The van der Waals surface area contributed by atoms with Gasteiger partial charge in [0.1, 0.15) is 0 Å². The summed E-state index contributed by atoms with van der Waals surface area (Å²) in [5, 5.41) is 11.9. The zero-order chi connectivity index (χ0) is 15.8. The molecule has 0 aliphatic carbocycles. The van der Waals surface area contributed by atoms with Gasteiger partial charge in [-0.25, -0.2) is 0 Å². The summed E-state index contributed by atoms with van der Waals surface area (Å²) in [5.74, 6) is 2.19. The molecule has 0 atom stereocenters. The Kier molecular flexibility index (Phi) is 6.47. The van der Waals surface area contributed by atoms with Crippen molar-refractivity contribution in [3.05, 3.63) is 18.4 Å². The number of nitrogens with zero attached hydrogens (tertiary/aromatic N) is 3. The third-order valence-electron chi connectivity index (χ3n) is 2.85. The van der Waals surface area contributed by atoms with Crippen molar-refractivity contribution >= 4 is 17.7 Å². The standard InChI is InChI=1S/C14H20N4O3S/c1-3-18-13(12-5-4-7-21-12)16-17-14(18)22-10-9-20-8-6-15-11(2)19/h4-5,7H,3,6,8-10H2,1-2H3,(H,15,19). The van der Waals surface area contributed by atoms with Crippen LogP contribution in [-0.2, 0) is 16.1 Å². The number of amides is 1. The normalized spacial score (nSPS) is 10.8. The van der Waals surface area contributed by atoms with E-state index in [0.29, 0.717) is 25.5 Å². The maximum absolute atomic E-state index is 10.7. The molecule has 1 amide bonds. The first kappa shape index (κ1) is 16.6. The van der Waals surface area contributed by atoms with Crippen LogP contribution in [0, 0.1) is 0 Å². The van der Waals surface area contributed by atoms with Gasteiger partial charge in [0.05, 0.1) is 19.5 Å². The Morgan fingerprint density at radius 3 is 3.00 bits per heavy atom. The molecule has 2 rings (SSSR count). The third kappa shape index (κ3) is 4.60. The van der Waals surface area contributed by atoms with E-state index < -0.39 is 0 Å². The topological polar surface area (TPSA) is 82.2 Å². The molecule has 0 aromatic carbocycles. The summed E-state index contributed by atoms with van der Waals surface area (Å²) in [6, 6.07) is 3.70. The number of aromatic nitrogens is 3. The van der Waals surface area contributed by atoms with Gasteiger partial charge in [-0.15, -0.1) is 10.2 Å². The molecule has 120 valence electrons. The van der Waals surface area contributed by atoms with E-state index in [4.69, 9.17) is 9.15 Å². The van der Waals surface area contributed by atoms with Crippen molar-refractivity contribution in [3.8, 4) is 11.6 Å². The van der Waals surface area contributed by atoms with Gasteiger partial charge in [-0.1, -0.05) is 11.8 Å². The predicted molar refractivity (Wildman–Crippen MR) is 83.6 cm³/mol. The number of thioether (sulfide) groups is 1. The smallest absolute Gasteiger partial charge is 0.216 e. The highest BCUT2D eigenvalue weighted by Crippen LogP contribution is 2.23. The van der Waals surface area contributed by atoms with Crippen LogP contribution in [0.25, 0.3) is 11.6 Å². The molecule has 0 saturated carbocycles. The van der Waals surface area contributed by atoms with Crippen LogP contribution in [0.4, 0.5) is 0 Å². The maximum Gasteiger partial charge on any atom is 0.216 e. The lowest BCUT2D eigenvalue weighted by atomic mass is 10.4. The molecule has 0 bridgehead atoms. The van der Waals surface area contributed by atoms with Crippen molar-refractivity contribution < 1.29 is 13.9 Å². The number of furan rings is 1. The van der Waals surface area contributed by atoms with Crippen molar-refractivity contribution in [1.29, 1.82) is 0 Å². The number of hydrogen-bond donors (Lipinski definition) is 1. The van der Waals surface area contributed by atoms with E-state index in [1.165, 1.54) is 6.92 Å². The van der Waals surface area contributed by atoms with Crippen molar-refractivity contribution in [2.24, 2.45) is 0 Å². The molecule has 0 aliphatic heterocycles. The molecule has 0 spiro atoms.